The van der Waals surface area contributed by atoms with E-state index in [0.717, 1.165) is 17.8 Å². The lowest BCUT2D eigenvalue weighted by atomic mass is 9.83. The average Bonchev–Trinajstić information content (AvgIpc) is 2.49. The summed E-state index contributed by atoms with van der Waals surface area (Å²) in [6.45, 7) is 7.73. The minimum Gasteiger partial charge on any atom is -0.306 e. The molecule has 2 nitrogen and oxygen atoms in total. The van der Waals surface area contributed by atoms with E-state index in [1.807, 2.05) is 0 Å². The van der Waals surface area contributed by atoms with Crippen LogP contribution in [0.5, 0.6) is 0 Å². The van der Waals surface area contributed by atoms with E-state index < -0.39 is 0 Å². The summed E-state index contributed by atoms with van der Waals surface area (Å²) in [6, 6.07) is 0. The number of piperidine rings is 1. The normalized spacial score (nSPS) is 36.2. The highest BCUT2D eigenvalue weighted by Crippen LogP contribution is 2.31. The van der Waals surface area contributed by atoms with Gasteiger partial charge in [0.2, 0.25) is 0 Å². The predicted molar refractivity (Wildman–Crippen MR) is 65.0 cm³/mol. The van der Waals surface area contributed by atoms with Crippen LogP contribution in [0, 0.1) is 17.8 Å². The van der Waals surface area contributed by atoms with Crippen molar-refractivity contribution in [3.63, 3.8) is 0 Å². The highest BCUT2D eigenvalue weighted by atomic mass is 15.1. The van der Waals surface area contributed by atoms with Crippen molar-refractivity contribution in [2.24, 2.45) is 17.8 Å². The Hall–Kier alpha value is -0.0800. The summed E-state index contributed by atoms with van der Waals surface area (Å²) in [5, 5.41) is 0. The van der Waals surface area contributed by atoms with Gasteiger partial charge in [0.25, 0.3) is 0 Å². The average molecular weight is 210 g/mol. The third-order valence-electron chi connectivity index (χ3n) is 4.42. The maximum Gasteiger partial charge on any atom is 0.000985 e. The van der Waals surface area contributed by atoms with Gasteiger partial charge in [0, 0.05) is 13.1 Å². The zero-order chi connectivity index (χ0) is 10.8. The molecule has 2 heterocycles. The summed E-state index contributed by atoms with van der Waals surface area (Å²) >= 11 is 0. The van der Waals surface area contributed by atoms with Crippen LogP contribution in [0.15, 0.2) is 0 Å². The van der Waals surface area contributed by atoms with Crippen LogP contribution in [-0.4, -0.2) is 50.1 Å². The Labute approximate surface area is 94.6 Å². The van der Waals surface area contributed by atoms with Gasteiger partial charge in [-0.3, -0.25) is 0 Å². The van der Waals surface area contributed by atoms with Crippen molar-refractivity contribution in [2.75, 3.05) is 40.3 Å². The fraction of sp³-hybridized carbons (Fsp3) is 1.00. The predicted octanol–water partition coefficient (Wildman–Crippen LogP) is 1.92. The first kappa shape index (κ1) is 11.4. The lowest BCUT2D eigenvalue weighted by molar-refractivity contribution is 0.188. The summed E-state index contributed by atoms with van der Waals surface area (Å²) in [4.78, 5) is 4.98. The molecule has 0 N–H and O–H groups in total. The molecule has 2 rings (SSSR count). The van der Waals surface area contributed by atoms with Crippen LogP contribution in [0.25, 0.3) is 0 Å². The summed E-state index contributed by atoms with van der Waals surface area (Å²) in [6.07, 6.45) is 4.35. The molecular formula is C13H26N2. The van der Waals surface area contributed by atoms with Gasteiger partial charge in [0.1, 0.15) is 0 Å². The summed E-state index contributed by atoms with van der Waals surface area (Å²) in [7, 11) is 4.52. The van der Waals surface area contributed by atoms with Gasteiger partial charge in [-0.1, -0.05) is 6.92 Å². The van der Waals surface area contributed by atoms with Crippen molar-refractivity contribution in [1.29, 1.82) is 0 Å². The van der Waals surface area contributed by atoms with E-state index in [1.165, 1.54) is 45.4 Å². The summed E-state index contributed by atoms with van der Waals surface area (Å²) in [5.41, 5.74) is 0. The van der Waals surface area contributed by atoms with Gasteiger partial charge >= 0.3 is 0 Å². The molecule has 2 heteroatoms. The van der Waals surface area contributed by atoms with Gasteiger partial charge < -0.3 is 9.80 Å². The Morgan fingerprint density at radius 3 is 2.20 bits per heavy atom. The molecule has 0 aliphatic carbocycles. The first-order valence-corrected chi connectivity index (χ1v) is 6.52. The zero-order valence-electron chi connectivity index (χ0n) is 10.6. The molecule has 0 bridgehead atoms. The molecule has 0 aromatic carbocycles. The van der Waals surface area contributed by atoms with Crippen molar-refractivity contribution < 1.29 is 0 Å². The van der Waals surface area contributed by atoms with Crippen molar-refractivity contribution >= 4 is 0 Å². The monoisotopic (exact) mass is 210 g/mol. The van der Waals surface area contributed by atoms with Gasteiger partial charge in [0.05, 0.1) is 0 Å². The molecule has 0 saturated carbocycles. The quantitative estimate of drug-likeness (QED) is 0.687. The number of hydrogen-bond donors (Lipinski definition) is 0. The van der Waals surface area contributed by atoms with Gasteiger partial charge in [-0.15, -0.1) is 0 Å². The third kappa shape index (κ3) is 2.94. The van der Waals surface area contributed by atoms with E-state index in [2.05, 4.69) is 30.8 Å². The molecule has 0 aromatic heterocycles. The fourth-order valence-electron chi connectivity index (χ4n) is 3.33. The maximum atomic E-state index is 2.50. The molecule has 2 unspecified atom stereocenters. The second kappa shape index (κ2) is 4.84. The largest absolute Gasteiger partial charge is 0.306 e. The smallest absolute Gasteiger partial charge is 0.000985 e. The van der Waals surface area contributed by atoms with Crippen LogP contribution in [0.4, 0.5) is 0 Å². The van der Waals surface area contributed by atoms with Gasteiger partial charge in [-0.05, 0) is 64.2 Å². The first-order valence-electron chi connectivity index (χ1n) is 6.52. The number of rotatable bonds is 2. The van der Waals surface area contributed by atoms with E-state index in [-0.39, 0.29) is 0 Å². The van der Waals surface area contributed by atoms with Crippen LogP contribution in [0.1, 0.15) is 26.2 Å². The molecule has 2 aliphatic rings. The topological polar surface area (TPSA) is 6.48 Å². The Balaban J connectivity index is 1.77. The third-order valence-corrected chi connectivity index (χ3v) is 4.42. The minimum absolute atomic E-state index is 0.926. The zero-order valence-corrected chi connectivity index (χ0v) is 10.6. The number of hydrogen-bond acceptors (Lipinski definition) is 2. The number of nitrogens with zero attached hydrogens (tertiary/aromatic N) is 2. The van der Waals surface area contributed by atoms with Crippen LogP contribution in [-0.2, 0) is 0 Å². The van der Waals surface area contributed by atoms with E-state index in [1.54, 1.807) is 0 Å². The molecule has 0 radical (unpaired) electrons. The van der Waals surface area contributed by atoms with Crippen LogP contribution < -0.4 is 0 Å². The lowest BCUT2D eigenvalue weighted by Gasteiger charge is -2.31. The lowest BCUT2D eigenvalue weighted by Crippen LogP contribution is -2.31. The highest BCUT2D eigenvalue weighted by molar-refractivity contribution is 4.83. The molecular weight excluding hydrogens is 184 g/mol. The Morgan fingerprint density at radius 1 is 1.00 bits per heavy atom. The van der Waals surface area contributed by atoms with Crippen LogP contribution in [0.2, 0.25) is 0 Å². The molecule has 2 aliphatic heterocycles. The van der Waals surface area contributed by atoms with E-state index in [0.29, 0.717) is 0 Å². The molecule has 15 heavy (non-hydrogen) atoms. The number of likely N-dealkylation sites (tertiary alicyclic amines) is 2. The van der Waals surface area contributed by atoms with E-state index in [4.69, 9.17) is 0 Å². The second-order valence-electron chi connectivity index (χ2n) is 5.94. The van der Waals surface area contributed by atoms with Crippen LogP contribution in [0.3, 0.4) is 0 Å². The summed E-state index contributed by atoms with van der Waals surface area (Å²) < 4.78 is 0. The SMILES string of the molecule is CC1CN(C)CC1CC1CCN(C)CC1. The molecule has 2 atom stereocenters. The maximum absolute atomic E-state index is 2.50. The molecule has 0 aromatic rings. The van der Waals surface area contributed by atoms with E-state index >= 15 is 0 Å². The molecule has 0 spiro atoms. The van der Waals surface area contributed by atoms with Gasteiger partial charge in [-0.2, -0.15) is 0 Å². The minimum atomic E-state index is 0.926. The van der Waals surface area contributed by atoms with Gasteiger partial charge in [-0.25, -0.2) is 0 Å². The van der Waals surface area contributed by atoms with Crippen molar-refractivity contribution in [3.05, 3.63) is 0 Å². The molecule has 2 fully saturated rings. The standard InChI is InChI=1S/C13H26N2/c1-11-9-15(3)10-13(11)8-12-4-6-14(2)7-5-12/h11-13H,4-10H2,1-3H3. The summed E-state index contributed by atoms with van der Waals surface area (Å²) in [5.74, 6) is 2.92. The van der Waals surface area contributed by atoms with Crippen LogP contribution >= 0.6 is 0 Å². The molecule has 2 saturated heterocycles. The highest BCUT2D eigenvalue weighted by Gasteiger charge is 2.30. The van der Waals surface area contributed by atoms with Crippen molar-refractivity contribution in [2.45, 2.75) is 26.2 Å². The Morgan fingerprint density at radius 2 is 1.67 bits per heavy atom. The van der Waals surface area contributed by atoms with E-state index in [9.17, 15) is 0 Å². The molecule has 0 amide bonds. The van der Waals surface area contributed by atoms with Crippen molar-refractivity contribution in [3.8, 4) is 0 Å². The first-order chi connectivity index (χ1) is 7.15. The molecule has 88 valence electrons. The second-order valence-corrected chi connectivity index (χ2v) is 5.94. The fourth-order valence-corrected chi connectivity index (χ4v) is 3.33. The van der Waals surface area contributed by atoms with Gasteiger partial charge in [0.15, 0.2) is 0 Å². The Kier molecular flexibility index (Phi) is 3.68. The Bertz CT molecular complexity index is 197. The van der Waals surface area contributed by atoms with Crippen molar-refractivity contribution in [1.82, 2.24) is 9.80 Å².